The van der Waals surface area contributed by atoms with Crippen molar-refractivity contribution in [1.29, 1.82) is 0 Å². The standard InChI is InChI=1S/C25H31BrO/c1-3-4-5-6-19-7-9-21(10-8-19)23-15-16-24(25(26)17-23)22-13-11-20(12-14-22)18(2)27/h11-17,19,21H,3-10H2,1-2H3. The summed E-state index contributed by atoms with van der Waals surface area (Å²) < 4.78 is 1.15. The maximum atomic E-state index is 11.5. The van der Waals surface area contributed by atoms with E-state index in [0.29, 0.717) is 5.92 Å². The van der Waals surface area contributed by atoms with Gasteiger partial charge in [0.15, 0.2) is 5.78 Å². The number of unbranched alkanes of at least 4 members (excludes halogenated alkanes) is 2. The third kappa shape index (κ3) is 5.31. The van der Waals surface area contributed by atoms with E-state index >= 15 is 0 Å². The zero-order chi connectivity index (χ0) is 19.2. The Morgan fingerprint density at radius 3 is 2.30 bits per heavy atom. The van der Waals surface area contributed by atoms with Crippen molar-refractivity contribution in [3.05, 3.63) is 58.1 Å². The Labute approximate surface area is 172 Å². The second-order valence-corrected chi connectivity index (χ2v) is 8.94. The fraction of sp³-hybridized carbons (Fsp3) is 0.480. The molecule has 0 aliphatic heterocycles. The van der Waals surface area contributed by atoms with E-state index in [0.717, 1.165) is 21.5 Å². The predicted molar refractivity (Wildman–Crippen MR) is 118 cm³/mol. The first-order valence-corrected chi connectivity index (χ1v) is 11.3. The Kier molecular flexibility index (Phi) is 7.29. The van der Waals surface area contributed by atoms with Crippen LogP contribution in [0.1, 0.15) is 87.1 Å². The summed E-state index contributed by atoms with van der Waals surface area (Å²) in [5, 5.41) is 0. The quantitative estimate of drug-likeness (QED) is 0.322. The maximum Gasteiger partial charge on any atom is 0.159 e. The van der Waals surface area contributed by atoms with E-state index in [4.69, 9.17) is 0 Å². The molecule has 1 nitrogen and oxygen atoms in total. The lowest BCUT2D eigenvalue weighted by Gasteiger charge is -2.29. The zero-order valence-corrected chi connectivity index (χ0v) is 18.2. The van der Waals surface area contributed by atoms with Crippen LogP contribution >= 0.6 is 15.9 Å². The summed E-state index contributed by atoms with van der Waals surface area (Å²) in [5.74, 6) is 1.77. The van der Waals surface area contributed by atoms with Gasteiger partial charge in [0.05, 0.1) is 0 Å². The van der Waals surface area contributed by atoms with Gasteiger partial charge in [-0.15, -0.1) is 0 Å². The van der Waals surface area contributed by atoms with E-state index in [-0.39, 0.29) is 5.78 Å². The van der Waals surface area contributed by atoms with Crippen molar-refractivity contribution >= 4 is 21.7 Å². The molecule has 0 heterocycles. The SMILES string of the molecule is CCCCCC1CCC(c2ccc(-c3ccc(C(C)=O)cc3)c(Br)c2)CC1. The van der Waals surface area contributed by atoms with Crippen LogP contribution in [-0.2, 0) is 0 Å². The van der Waals surface area contributed by atoms with E-state index < -0.39 is 0 Å². The number of hydrogen-bond donors (Lipinski definition) is 0. The number of ketones is 1. The molecule has 0 N–H and O–H groups in total. The summed E-state index contributed by atoms with van der Waals surface area (Å²) in [6.45, 7) is 3.90. The molecule has 2 aromatic carbocycles. The zero-order valence-electron chi connectivity index (χ0n) is 16.6. The fourth-order valence-electron chi connectivity index (χ4n) is 4.37. The second-order valence-electron chi connectivity index (χ2n) is 8.09. The molecule has 27 heavy (non-hydrogen) atoms. The summed E-state index contributed by atoms with van der Waals surface area (Å²) in [5.41, 5.74) is 4.58. The fourth-order valence-corrected chi connectivity index (χ4v) is 5.00. The largest absolute Gasteiger partial charge is 0.295 e. The highest BCUT2D eigenvalue weighted by Gasteiger charge is 2.22. The van der Waals surface area contributed by atoms with Crippen molar-refractivity contribution in [2.45, 2.75) is 71.1 Å². The topological polar surface area (TPSA) is 17.1 Å². The highest BCUT2D eigenvalue weighted by Crippen LogP contribution is 2.40. The van der Waals surface area contributed by atoms with Crippen LogP contribution in [0.3, 0.4) is 0 Å². The summed E-state index contributed by atoms with van der Waals surface area (Å²) in [7, 11) is 0. The number of carbonyl (C=O) groups is 1. The monoisotopic (exact) mass is 426 g/mol. The molecule has 3 rings (SSSR count). The molecule has 2 aromatic rings. The van der Waals surface area contributed by atoms with Gasteiger partial charge in [-0.05, 0) is 67.2 Å². The van der Waals surface area contributed by atoms with Crippen LogP contribution in [0.4, 0.5) is 0 Å². The maximum absolute atomic E-state index is 11.5. The highest BCUT2D eigenvalue weighted by molar-refractivity contribution is 9.10. The molecule has 0 radical (unpaired) electrons. The molecule has 0 spiro atoms. The van der Waals surface area contributed by atoms with E-state index in [1.807, 2.05) is 24.3 Å². The molecule has 144 valence electrons. The van der Waals surface area contributed by atoms with Crippen molar-refractivity contribution in [3.8, 4) is 11.1 Å². The van der Waals surface area contributed by atoms with Gasteiger partial charge in [0.25, 0.3) is 0 Å². The predicted octanol–water partition coefficient (Wildman–Crippen LogP) is 8.17. The van der Waals surface area contributed by atoms with Gasteiger partial charge in [0, 0.05) is 10.0 Å². The Hall–Kier alpha value is -1.41. The highest BCUT2D eigenvalue weighted by atomic mass is 79.9. The van der Waals surface area contributed by atoms with Crippen LogP contribution in [0.2, 0.25) is 0 Å². The Bertz CT molecular complexity index is 754. The van der Waals surface area contributed by atoms with Crippen LogP contribution in [0, 0.1) is 5.92 Å². The average Bonchev–Trinajstić information content (AvgIpc) is 2.69. The molecule has 0 amide bonds. The summed E-state index contributed by atoms with van der Waals surface area (Å²) in [6.07, 6.45) is 11.0. The van der Waals surface area contributed by atoms with Crippen molar-refractivity contribution < 1.29 is 4.79 Å². The van der Waals surface area contributed by atoms with Crippen LogP contribution in [-0.4, -0.2) is 5.78 Å². The van der Waals surface area contributed by atoms with Crippen LogP contribution < -0.4 is 0 Å². The van der Waals surface area contributed by atoms with Gasteiger partial charge in [-0.1, -0.05) is 84.9 Å². The summed E-state index contributed by atoms with van der Waals surface area (Å²) in [4.78, 5) is 11.5. The second kappa shape index (κ2) is 9.68. The first-order chi connectivity index (χ1) is 13.1. The lowest BCUT2D eigenvalue weighted by molar-refractivity contribution is 0.101. The Balaban J connectivity index is 1.64. The molecule has 0 atom stereocenters. The number of carbonyl (C=O) groups excluding carboxylic acids is 1. The van der Waals surface area contributed by atoms with E-state index in [1.54, 1.807) is 6.92 Å². The van der Waals surface area contributed by atoms with Crippen LogP contribution in [0.25, 0.3) is 11.1 Å². The Morgan fingerprint density at radius 1 is 1.00 bits per heavy atom. The number of Topliss-reactive ketones (excluding diaryl/α,β-unsaturated/α-hetero) is 1. The molecule has 0 aromatic heterocycles. The molecular weight excluding hydrogens is 396 g/mol. The number of hydrogen-bond acceptors (Lipinski definition) is 1. The molecule has 1 fully saturated rings. The Morgan fingerprint density at radius 2 is 1.70 bits per heavy atom. The molecule has 0 saturated heterocycles. The normalized spacial score (nSPS) is 19.8. The van der Waals surface area contributed by atoms with Crippen molar-refractivity contribution in [2.24, 2.45) is 5.92 Å². The van der Waals surface area contributed by atoms with Gasteiger partial charge in [-0.3, -0.25) is 4.79 Å². The minimum atomic E-state index is 0.112. The molecule has 0 bridgehead atoms. The lowest BCUT2D eigenvalue weighted by Crippen LogP contribution is -2.13. The van der Waals surface area contributed by atoms with Gasteiger partial charge in [0.1, 0.15) is 0 Å². The van der Waals surface area contributed by atoms with Crippen LogP contribution in [0.15, 0.2) is 46.9 Å². The molecular formula is C25H31BrO. The van der Waals surface area contributed by atoms with Gasteiger partial charge in [-0.2, -0.15) is 0 Å². The minimum absolute atomic E-state index is 0.112. The van der Waals surface area contributed by atoms with E-state index in [1.165, 1.54) is 62.5 Å². The minimum Gasteiger partial charge on any atom is -0.295 e. The van der Waals surface area contributed by atoms with Gasteiger partial charge in [0.2, 0.25) is 0 Å². The number of rotatable bonds is 7. The third-order valence-corrected chi connectivity index (χ3v) is 6.79. The van der Waals surface area contributed by atoms with Crippen molar-refractivity contribution in [3.63, 3.8) is 0 Å². The van der Waals surface area contributed by atoms with Crippen molar-refractivity contribution in [1.82, 2.24) is 0 Å². The third-order valence-electron chi connectivity index (χ3n) is 6.13. The first kappa shape index (κ1) is 20.3. The summed E-state index contributed by atoms with van der Waals surface area (Å²) >= 11 is 3.78. The molecule has 1 aliphatic rings. The molecule has 2 heteroatoms. The molecule has 0 unspecified atom stereocenters. The number of halogens is 1. The van der Waals surface area contributed by atoms with E-state index in [2.05, 4.69) is 41.1 Å². The number of benzene rings is 2. The smallest absolute Gasteiger partial charge is 0.159 e. The molecule has 1 aliphatic carbocycles. The van der Waals surface area contributed by atoms with Gasteiger partial charge >= 0.3 is 0 Å². The van der Waals surface area contributed by atoms with Gasteiger partial charge < -0.3 is 0 Å². The van der Waals surface area contributed by atoms with E-state index in [9.17, 15) is 4.79 Å². The molecule has 1 saturated carbocycles. The lowest BCUT2D eigenvalue weighted by atomic mass is 9.77. The average molecular weight is 427 g/mol. The first-order valence-electron chi connectivity index (χ1n) is 10.5. The van der Waals surface area contributed by atoms with Crippen molar-refractivity contribution in [2.75, 3.05) is 0 Å². The van der Waals surface area contributed by atoms with Gasteiger partial charge in [-0.25, -0.2) is 0 Å². The summed E-state index contributed by atoms with van der Waals surface area (Å²) in [6, 6.07) is 14.8. The van der Waals surface area contributed by atoms with Crippen LogP contribution in [0.5, 0.6) is 0 Å².